The molecule has 1 aliphatic heterocycles. The van der Waals surface area contributed by atoms with E-state index in [4.69, 9.17) is 18.9 Å². The number of carbonyl (C=O) groups is 1. The van der Waals surface area contributed by atoms with Crippen LogP contribution in [0.4, 0.5) is 0 Å². The molecule has 0 unspecified atom stereocenters. The lowest BCUT2D eigenvalue weighted by molar-refractivity contribution is -0.135. The van der Waals surface area contributed by atoms with Gasteiger partial charge in [0.25, 0.3) is 0 Å². The molecule has 0 saturated heterocycles. The van der Waals surface area contributed by atoms with E-state index in [2.05, 4.69) is 30.4 Å². The number of benzene rings is 3. The molecule has 0 atom stereocenters. The average molecular weight is 486 g/mol. The van der Waals surface area contributed by atoms with Crippen molar-refractivity contribution in [1.82, 2.24) is 5.32 Å². The van der Waals surface area contributed by atoms with E-state index < -0.39 is 0 Å². The zero-order chi connectivity index (χ0) is 24.9. The van der Waals surface area contributed by atoms with Crippen molar-refractivity contribution in [3.8, 4) is 23.0 Å². The van der Waals surface area contributed by atoms with Crippen molar-refractivity contribution in [1.29, 1.82) is 0 Å². The van der Waals surface area contributed by atoms with Crippen LogP contribution in [0, 0.1) is 5.92 Å². The number of fused-ring (bicyclic) bond motifs is 1. The molecule has 2 aliphatic rings. The van der Waals surface area contributed by atoms with Crippen LogP contribution >= 0.6 is 0 Å². The van der Waals surface area contributed by atoms with Crippen molar-refractivity contribution in [2.45, 2.75) is 26.2 Å². The summed E-state index contributed by atoms with van der Waals surface area (Å²) in [4.78, 5) is 12.1. The van der Waals surface area contributed by atoms with Gasteiger partial charge in [0.2, 0.25) is 6.79 Å². The van der Waals surface area contributed by atoms with Crippen LogP contribution in [0.2, 0.25) is 0 Å². The average Bonchev–Trinajstić information content (AvgIpc) is 3.66. The van der Waals surface area contributed by atoms with Crippen LogP contribution in [0.5, 0.6) is 23.0 Å². The monoisotopic (exact) mass is 485 g/mol. The van der Waals surface area contributed by atoms with E-state index in [1.54, 1.807) is 0 Å². The standard InChI is InChI=1S/C30H31NO5/c1-3-26(23-10-15-27-28(18-23)35-19-34-27)29(20-6-11-24(12-7-20)33-17-16-31-2)21-8-13-25(14-9-21)36-30(32)22-4-5-22/h6-15,18,22,31H,3-5,16-17,19H2,1-2H3. The molecule has 0 amide bonds. The number of allylic oxidation sites excluding steroid dienone is 1. The summed E-state index contributed by atoms with van der Waals surface area (Å²) < 4.78 is 22.6. The third kappa shape index (κ3) is 5.39. The molecule has 1 fully saturated rings. The normalized spacial score (nSPS) is 14.8. The SMILES string of the molecule is CCC(=C(c1ccc(OCCNC)cc1)c1ccc(OC(=O)C2CC2)cc1)c1ccc2c(c1)OCO2. The Balaban J connectivity index is 1.52. The first-order chi connectivity index (χ1) is 17.7. The largest absolute Gasteiger partial charge is 0.492 e. The smallest absolute Gasteiger partial charge is 0.314 e. The van der Waals surface area contributed by atoms with E-state index in [-0.39, 0.29) is 18.7 Å². The molecule has 36 heavy (non-hydrogen) atoms. The number of hydrogen-bond acceptors (Lipinski definition) is 6. The van der Waals surface area contributed by atoms with Gasteiger partial charge in [-0.3, -0.25) is 4.79 Å². The van der Waals surface area contributed by atoms with Crippen LogP contribution in [0.1, 0.15) is 42.9 Å². The molecule has 0 bridgehead atoms. The van der Waals surface area contributed by atoms with Crippen molar-refractivity contribution >= 4 is 17.1 Å². The van der Waals surface area contributed by atoms with Gasteiger partial charge in [-0.2, -0.15) is 0 Å². The van der Waals surface area contributed by atoms with Gasteiger partial charge < -0.3 is 24.3 Å². The van der Waals surface area contributed by atoms with Crippen molar-refractivity contribution in [2.75, 3.05) is 27.0 Å². The quantitative estimate of drug-likeness (QED) is 0.172. The minimum atomic E-state index is -0.137. The third-order valence-electron chi connectivity index (χ3n) is 6.41. The Morgan fingerprint density at radius 3 is 2.17 bits per heavy atom. The van der Waals surface area contributed by atoms with Crippen LogP contribution in [0.15, 0.2) is 66.7 Å². The summed E-state index contributed by atoms with van der Waals surface area (Å²) >= 11 is 0. The molecule has 3 aromatic carbocycles. The first kappa shape index (κ1) is 23.9. The molecule has 0 spiro atoms. The van der Waals surface area contributed by atoms with Gasteiger partial charge in [-0.15, -0.1) is 0 Å². The molecule has 0 aromatic heterocycles. The van der Waals surface area contributed by atoms with Crippen LogP contribution in [0.25, 0.3) is 11.1 Å². The first-order valence-electron chi connectivity index (χ1n) is 12.5. The minimum absolute atomic E-state index is 0.0617. The lowest BCUT2D eigenvalue weighted by atomic mass is 9.88. The molecular formula is C30H31NO5. The summed E-state index contributed by atoms with van der Waals surface area (Å²) in [7, 11) is 1.91. The number of ether oxygens (including phenoxy) is 4. The fourth-order valence-electron chi connectivity index (χ4n) is 4.32. The van der Waals surface area contributed by atoms with E-state index in [1.807, 2.05) is 55.6 Å². The van der Waals surface area contributed by atoms with Gasteiger partial charge >= 0.3 is 5.97 Å². The summed E-state index contributed by atoms with van der Waals surface area (Å²) in [5, 5.41) is 3.09. The van der Waals surface area contributed by atoms with Crippen molar-refractivity contribution < 1.29 is 23.7 Å². The molecule has 5 rings (SSSR count). The molecule has 1 aliphatic carbocycles. The maximum atomic E-state index is 12.1. The van der Waals surface area contributed by atoms with E-state index in [9.17, 15) is 4.79 Å². The van der Waals surface area contributed by atoms with Crippen LogP contribution in [-0.2, 0) is 4.79 Å². The van der Waals surface area contributed by atoms with Gasteiger partial charge in [0.1, 0.15) is 18.1 Å². The predicted octanol–water partition coefficient (Wildman–Crippen LogP) is 5.70. The second kappa shape index (κ2) is 10.9. The summed E-state index contributed by atoms with van der Waals surface area (Å²) in [6, 6.07) is 22.1. The molecule has 186 valence electrons. The number of esters is 1. The van der Waals surface area contributed by atoms with Crippen molar-refractivity contribution in [2.24, 2.45) is 5.92 Å². The summed E-state index contributed by atoms with van der Waals surface area (Å²) in [6.07, 6.45) is 2.66. The topological polar surface area (TPSA) is 66.0 Å². The molecule has 1 N–H and O–H groups in total. The second-order valence-electron chi connectivity index (χ2n) is 8.97. The molecule has 3 aromatic rings. The fraction of sp³-hybridized carbons (Fsp3) is 0.300. The molecule has 1 heterocycles. The van der Waals surface area contributed by atoms with E-state index in [0.717, 1.165) is 65.3 Å². The summed E-state index contributed by atoms with van der Waals surface area (Å²) in [5.41, 5.74) is 5.49. The van der Waals surface area contributed by atoms with Gasteiger partial charge in [0, 0.05) is 6.54 Å². The molecule has 1 saturated carbocycles. The lowest BCUT2D eigenvalue weighted by Gasteiger charge is -2.17. The van der Waals surface area contributed by atoms with Gasteiger partial charge in [0.05, 0.1) is 5.92 Å². The van der Waals surface area contributed by atoms with Crippen LogP contribution < -0.4 is 24.3 Å². The Bertz CT molecular complexity index is 1240. The lowest BCUT2D eigenvalue weighted by Crippen LogP contribution is -2.15. The Labute approximate surface area is 211 Å². The second-order valence-corrected chi connectivity index (χ2v) is 8.97. The van der Waals surface area contributed by atoms with Gasteiger partial charge in [-0.1, -0.05) is 37.3 Å². The zero-order valence-corrected chi connectivity index (χ0v) is 20.7. The van der Waals surface area contributed by atoms with Gasteiger partial charge in [-0.05, 0) is 90.5 Å². The van der Waals surface area contributed by atoms with Crippen molar-refractivity contribution in [3.63, 3.8) is 0 Å². The Kier molecular flexibility index (Phi) is 7.23. The Morgan fingerprint density at radius 2 is 1.53 bits per heavy atom. The molecule has 0 radical (unpaired) electrons. The van der Waals surface area contributed by atoms with E-state index >= 15 is 0 Å². The van der Waals surface area contributed by atoms with Crippen LogP contribution in [0.3, 0.4) is 0 Å². The predicted molar refractivity (Wildman–Crippen MR) is 139 cm³/mol. The number of hydrogen-bond donors (Lipinski definition) is 1. The molecular weight excluding hydrogens is 454 g/mol. The Morgan fingerprint density at radius 1 is 0.889 bits per heavy atom. The summed E-state index contributed by atoms with van der Waals surface area (Å²) in [6.45, 7) is 3.79. The number of rotatable bonds is 10. The van der Waals surface area contributed by atoms with Gasteiger partial charge in [-0.25, -0.2) is 0 Å². The van der Waals surface area contributed by atoms with Crippen LogP contribution in [-0.4, -0.2) is 33.0 Å². The Hall–Kier alpha value is -3.77. The summed E-state index contributed by atoms with van der Waals surface area (Å²) in [5.74, 6) is 2.85. The zero-order valence-electron chi connectivity index (χ0n) is 20.7. The number of nitrogens with one attached hydrogen (secondary N) is 1. The number of likely N-dealkylation sites (N-methyl/N-ethyl adjacent to an activating group) is 1. The highest BCUT2D eigenvalue weighted by Crippen LogP contribution is 2.40. The maximum Gasteiger partial charge on any atom is 0.314 e. The van der Waals surface area contributed by atoms with E-state index in [0.29, 0.717) is 12.4 Å². The highest BCUT2D eigenvalue weighted by molar-refractivity contribution is 5.99. The maximum absolute atomic E-state index is 12.1. The van der Waals surface area contributed by atoms with E-state index in [1.165, 1.54) is 5.57 Å². The first-order valence-corrected chi connectivity index (χ1v) is 12.5. The highest BCUT2D eigenvalue weighted by Gasteiger charge is 2.31. The highest BCUT2D eigenvalue weighted by atomic mass is 16.7. The molecule has 6 nitrogen and oxygen atoms in total. The third-order valence-corrected chi connectivity index (χ3v) is 6.41. The van der Waals surface area contributed by atoms with Gasteiger partial charge in [0.15, 0.2) is 11.5 Å². The van der Waals surface area contributed by atoms with Crippen molar-refractivity contribution in [3.05, 3.63) is 83.4 Å². The number of carbonyl (C=O) groups excluding carboxylic acids is 1. The fourth-order valence-corrected chi connectivity index (χ4v) is 4.32. The minimum Gasteiger partial charge on any atom is -0.492 e. The molecule has 6 heteroatoms.